The summed E-state index contributed by atoms with van der Waals surface area (Å²) >= 11 is 0. The predicted molar refractivity (Wildman–Crippen MR) is 54.3 cm³/mol. The van der Waals surface area contributed by atoms with E-state index in [2.05, 4.69) is 4.98 Å². The molecular formula is C11H11NO2. The zero-order chi connectivity index (χ0) is 9.80. The third-order valence-corrected chi connectivity index (χ3v) is 1.97. The van der Waals surface area contributed by atoms with Gasteiger partial charge >= 0.3 is 0 Å². The van der Waals surface area contributed by atoms with Gasteiger partial charge in [0.05, 0.1) is 6.61 Å². The van der Waals surface area contributed by atoms with E-state index in [1.807, 2.05) is 24.3 Å². The fourth-order valence-electron chi connectivity index (χ4n) is 1.32. The number of aliphatic hydroxyl groups excluding tert-OH is 1. The van der Waals surface area contributed by atoms with Crippen molar-refractivity contribution in [2.45, 2.75) is 0 Å². The highest BCUT2D eigenvalue weighted by atomic mass is 16.5. The summed E-state index contributed by atoms with van der Waals surface area (Å²) in [6, 6.07) is 7.73. The lowest BCUT2D eigenvalue weighted by Gasteiger charge is -2.04. The first kappa shape index (κ1) is 8.97. The van der Waals surface area contributed by atoms with Crippen molar-refractivity contribution < 1.29 is 9.84 Å². The molecule has 1 heterocycles. The van der Waals surface area contributed by atoms with Crippen molar-refractivity contribution in [2.24, 2.45) is 0 Å². The summed E-state index contributed by atoms with van der Waals surface area (Å²) in [6.07, 6.45) is 3.55. The van der Waals surface area contributed by atoms with Gasteiger partial charge in [0.15, 0.2) is 0 Å². The largest absolute Gasteiger partial charge is 0.491 e. The molecule has 72 valence electrons. The first-order valence-electron chi connectivity index (χ1n) is 4.47. The summed E-state index contributed by atoms with van der Waals surface area (Å²) in [4.78, 5) is 4.03. The number of ether oxygens (including phenoxy) is 1. The van der Waals surface area contributed by atoms with Crippen molar-refractivity contribution in [2.75, 3.05) is 13.2 Å². The predicted octanol–water partition coefficient (Wildman–Crippen LogP) is 1.61. The van der Waals surface area contributed by atoms with Crippen LogP contribution >= 0.6 is 0 Å². The fraction of sp³-hybridized carbons (Fsp3) is 0.182. The molecule has 2 aromatic rings. The molecule has 3 heteroatoms. The Morgan fingerprint density at radius 1 is 1.21 bits per heavy atom. The molecule has 0 atom stereocenters. The Morgan fingerprint density at radius 3 is 3.00 bits per heavy atom. The van der Waals surface area contributed by atoms with E-state index in [9.17, 15) is 0 Å². The first-order chi connectivity index (χ1) is 6.90. The van der Waals surface area contributed by atoms with Crippen molar-refractivity contribution in [3.63, 3.8) is 0 Å². The number of fused-ring (bicyclic) bond motifs is 1. The van der Waals surface area contributed by atoms with Gasteiger partial charge in [0, 0.05) is 17.8 Å². The van der Waals surface area contributed by atoms with Crippen LogP contribution in [-0.4, -0.2) is 23.3 Å². The molecule has 1 aromatic carbocycles. The van der Waals surface area contributed by atoms with Crippen LogP contribution in [0.4, 0.5) is 0 Å². The molecular weight excluding hydrogens is 178 g/mol. The molecule has 0 saturated carbocycles. The molecule has 0 radical (unpaired) electrons. The molecule has 0 unspecified atom stereocenters. The summed E-state index contributed by atoms with van der Waals surface area (Å²) in [7, 11) is 0. The third kappa shape index (κ3) is 1.83. The van der Waals surface area contributed by atoms with Crippen LogP contribution in [0.5, 0.6) is 5.75 Å². The molecule has 1 aromatic heterocycles. The number of hydrogen-bond acceptors (Lipinski definition) is 3. The second-order valence-corrected chi connectivity index (χ2v) is 2.96. The molecule has 0 aliphatic heterocycles. The van der Waals surface area contributed by atoms with E-state index >= 15 is 0 Å². The maximum atomic E-state index is 8.60. The maximum absolute atomic E-state index is 8.60. The van der Waals surface area contributed by atoms with Crippen LogP contribution in [0.25, 0.3) is 10.8 Å². The van der Waals surface area contributed by atoms with Crippen molar-refractivity contribution in [1.29, 1.82) is 0 Å². The summed E-state index contributed by atoms with van der Waals surface area (Å²) < 4.78 is 5.29. The van der Waals surface area contributed by atoms with Crippen molar-refractivity contribution >= 4 is 10.8 Å². The smallest absolute Gasteiger partial charge is 0.120 e. The minimum atomic E-state index is 0.0328. The number of aromatic nitrogens is 1. The second kappa shape index (κ2) is 4.07. The molecule has 2 rings (SSSR count). The van der Waals surface area contributed by atoms with Crippen LogP contribution in [0.3, 0.4) is 0 Å². The Morgan fingerprint density at radius 2 is 2.14 bits per heavy atom. The lowest BCUT2D eigenvalue weighted by molar-refractivity contribution is 0.201. The first-order valence-corrected chi connectivity index (χ1v) is 4.47. The van der Waals surface area contributed by atoms with Gasteiger partial charge in [-0.1, -0.05) is 6.07 Å². The van der Waals surface area contributed by atoms with E-state index in [-0.39, 0.29) is 6.61 Å². The zero-order valence-electron chi connectivity index (χ0n) is 7.68. The lowest BCUT2D eigenvalue weighted by atomic mass is 10.2. The van der Waals surface area contributed by atoms with Crippen LogP contribution in [0, 0.1) is 0 Å². The molecule has 0 spiro atoms. The van der Waals surface area contributed by atoms with Crippen molar-refractivity contribution in [1.82, 2.24) is 4.98 Å². The summed E-state index contributed by atoms with van der Waals surface area (Å²) in [5.74, 6) is 0.763. The van der Waals surface area contributed by atoms with Crippen LogP contribution in [-0.2, 0) is 0 Å². The number of rotatable bonds is 3. The Hall–Kier alpha value is -1.61. The van der Waals surface area contributed by atoms with E-state index in [0.29, 0.717) is 6.61 Å². The van der Waals surface area contributed by atoms with Crippen molar-refractivity contribution in [3.8, 4) is 5.75 Å². The van der Waals surface area contributed by atoms with Gasteiger partial charge in [-0.3, -0.25) is 4.98 Å². The molecule has 3 nitrogen and oxygen atoms in total. The van der Waals surface area contributed by atoms with Crippen LogP contribution in [0.15, 0.2) is 36.7 Å². The molecule has 0 fully saturated rings. The minimum absolute atomic E-state index is 0.0328. The van der Waals surface area contributed by atoms with E-state index in [0.717, 1.165) is 16.5 Å². The highest BCUT2D eigenvalue weighted by Gasteiger charge is 1.96. The van der Waals surface area contributed by atoms with Gasteiger partial charge < -0.3 is 9.84 Å². The van der Waals surface area contributed by atoms with Crippen LogP contribution in [0.2, 0.25) is 0 Å². The number of hydrogen-bond donors (Lipinski definition) is 1. The Labute approximate surface area is 82.0 Å². The number of nitrogens with zero attached hydrogens (tertiary/aromatic N) is 1. The minimum Gasteiger partial charge on any atom is -0.491 e. The molecule has 1 N–H and O–H groups in total. The second-order valence-electron chi connectivity index (χ2n) is 2.96. The van der Waals surface area contributed by atoms with E-state index in [1.54, 1.807) is 12.4 Å². The van der Waals surface area contributed by atoms with E-state index in [4.69, 9.17) is 9.84 Å². The summed E-state index contributed by atoms with van der Waals surface area (Å²) in [5, 5.41) is 10.8. The quantitative estimate of drug-likeness (QED) is 0.797. The van der Waals surface area contributed by atoms with Gasteiger partial charge in [-0.25, -0.2) is 0 Å². The number of benzene rings is 1. The Bertz CT molecular complexity index is 428. The summed E-state index contributed by atoms with van der Waals surface area (Å²) in [6.45, 7) is 0.358. The fourth-order valence-corrected chi connectivity index (χ4v) is 1.32. The van der Waals surface area contributed by atoms with Crippen molar-refractivity contribution in [3.05, 3.63) is 36.7 Å². The molecule has 0 amide bonds. The van der Waals surface area contributed by atoms with Gasteiger partial charge in [-0.2, -0.15) is 0 Å². The lowest BCUT2D eigenvalue weighted by Crippen LogP contribution is -2.01. The molecule has 0 aliphatic carbocycles. The van der Waals surface area contributed by atoms with Gasteiger partial charge in [-0.15, -0.1) is 0 Å². The number of aliphatic hydroxyl groups is 1. The van der Waals surface area contributed by atoms with Gasteiger partial charge in [0.25, 0.3) is 0 Å². The maximum Gasteiger partial charge on any atom is 0.120 e. The average molecular weight is 189 g/mol. The van der Waals surface area contributed by atoms with E-state index in [1.165, 1.54) is 0 Å². The monoisotopic (exact) mass is 189 g/mol. The topological polar surface area (TPSA) is 42.4 Å². The molecule has 0 saturated heterocycles. The van der Waals surface area contributed by atoms with Gasteiger partial charge in [0.1, 0.15) is 12.4 Å². The molecule has 14 heavy (non-hydrogen) atoms. The molecule has 0 bridgehead atoms. The van der Waals surface area contributed by atoms with Crippen LogP contribution < -0.4 is 4.74 Å². The highest BCUT2D eigenvalue weighted by Crippen LogP contribution is 2.19. The summed E-state index contributed by atoms with van der Waals surface area (Å²) in [5.41, 5.74) is 0. The third-order valence-electron chi connectivity index (χ3n) is 1.97. The Balaban J connectivity index is 2.32. The Kier molecular flexibility index (Phi) is 2.60. The zero-order valence-corrected chi connectivity index (χ0v) is 7.68. The normalized spacial score (nSPS) is 10.4. The SMILES string of the molecule is OCCOc1ccc2ccncc2c1. The van der Waals surface area contributed by atoms with E-state index < -0.39 is 0 Å². The molecule has 0 aliphatic rings. The van der Waals surface area contributed by atoms with Gasteiger partial charge in [-0.05, 0) is 23.6 Å². The van der Waals surface area contributed by atoms with Crippen LogP contribution in [0.1, 0.15) is 0 Å². The average Bonchev–Trinajstić information content (AvgIpc) is 2.26. The van der Waals surface area contributed by atoms with Gasteiger partial charge in [0.2, 0.25) is 0 Å². The standard InChI is InChI=1S/C11H11NO2/c13-5-6-14-11-2-1-9-3-4-12-8-10(9)7-11/h1-4,7-8,13H,5-6H2. The number of pyridine rings is 1. The highest BCUT2D eigenvalue weighted by molar-refractivity contribution is 5.82.